The number of para-hydroxylation sites is 1. The monoisotopic (exact) mass is 350 g/mol. The zero-order chi connectivity index (χ0) is 17.9. The van der Waals surface area contributed by atoms with Gasteiger partial charge < -0.3 is 19.5 Å². The first-order valence-corrected chi connectivity index (χ1v) is 8.75. The van der Waals surface area contributed by atoms with Gasteiger partial charge in [0.2, 0.25) is 0 Å². The van der Waals surface area contributed by atoms with Gasteiger partial charge in [-0.05, 0) is 48.4 Å². The fraction of sp³-hybridized carbons (Fsp3) is 0.286. The molecule has 0 amide bonds. The number of rotatable bonds is 5. The van der Waals surface area contributed by atoms with Gasteiger partial charge in [0.25, 0.3) is 0 Å². The van der Waals surface area contributed by atoms with E-state index in [0.29, 0.717) is 6.61 Å². The lowest BCUT2D eigenvalue weighted by Crippen LogP contribution is -2.33. The fourth-order valence-corrected chi connectivity index (χ4v) is 3.48. The Bertz CT molecular complexity index is 921. The Morgan fingerprint density at radius 3 is 2.69 bits per heavy atom. The maximum atomic E-state index is 6.15. The Balaban J connectivity index is 1.60. The molecule has 1 N–H and O–H groups in total. The third kappa shape index (κ3) is 3.06. The molecule has 1 atom stereocenters. The van der Waals surface area contributed by atoms with Gasteiger partial charge in [0.15, 0.2) is 11.5 Å². The van der Waals surface area contributed by atoms with Crippen molar-refractivity contribution in [3.63, 3.8) is 0 Å². The highest BCUT2D eigenvalue weighted by Crippen LogP contribution is 2.35. The van der Waals surface area contributed by atoms with Crippen molar-refractivity contribution in [3.05, 3.63) is 59.8 Å². The minimum absolute atomic E-state index is 0.0949. The van der Waals surface area contributed by atoms with E-state index in [1.54, 1.807) is 20.4 Å². The molecule has 3 aromatic rings. The van der Waals surface area contributed by atoms with Crippen LogP contribution in [0.3, 0.4) is 0 Å². The molecule has 0 fully saturated rings. The Labute approximate surface area is 152 Å². The lowest BCUT2D eigenvalue weighted by Gasteiger charge is -2.28. The molecule has 4 rings (SSSR count). The Morgan fingerprint density at radius 2 is 1.85 bits per heavy atom. The first-order valence-electron chi connectivity index (χ1n) is 8.75. The van der Waals surface area contributed by atoms with Crippen molar-refractivity contribution in [2.75, 3.05) is 27.4 Å². The normalized spacial score (nSPS) is 16.2. The molecule has 0 unspecified atom stereocenters. The predicted octanol–water partition coefficient (Wildman–Crippen LogP) is 3.52. The highest BCUT2D eigenvalue weighted by atomic mass is 16.5. The standard InChI is InChI=1S/C21H22N2O3/c1-24-19-11-15-8-10-22-17(16(15)12-20(19)25-2)13-26-18-7-3-5-14-6-4-9-23-21(14)18/h3-7,9,11-12,17,22H,8,10,13H2,1-2H3/t17-/m1/s1. The zero-order valence-corrected chi connectivity index (χ0v) is 15.0. The van der Waals surface area contributed by atoms with Gasteiger partial charge >= 0.3 is 0 Å². The minimum atomic E-state index is 0.0949. The van der Waals surface area contributed by atoms with E-state index in [1.165, 1.54) is 11.1 Å². The molecule has 0 radical (unpaired) electrons. The van der Waals surface area contributed by atoms with Gasteiger partial charge in [-0.2, -0.15) is 0 Å². The van der Waals surface area contributed by atoms with Crippen LogP contribution in [0.25, 0.3) is 10.9 Å². The minimum Gasteiger partial charge on any atom is -0.493 e. The summed E-state index contributed by atoms with van der Waals surface area (Å²) in [6.45, 7) is 1.43. The van der Waals surface area contributed by atoms with Crippen LogP contribution < -0.4 is 19.5 Å². The molecule has 0 saturated heterocycles. The second-order valence-electron chi connectivity index (χ2n) is 6.30. The van der Waals surface area contributed by atoms with Gasteiger partial charge in [0, 0.05) is 11.6 Å². The van der Waals surface area contributed by atoms with Gasteiger partial charge in [-0.15, -0.1) is 0 Å². The van der Waals surface area contributed by atoms with Crippen molar-refractivity contribution < 1.29 is 14.2 Å². The van der Waals surface area contributed by atoms with Crippen LogP contribution in [0, 0.1) is 0 Å². The zero-order valence-electron chi connectivity index (χ0n) is 15.0. The van der Waals surface area contributed by atoms with Gasteiger partial charge in [0.05, 0.1) is 20.3 Å². The first kappa shape index (κ1) is 16.7. The van der Waals surface area contributed by atoms with Crippen molar-refractivity contribution in [2.24, 2.45) is 0 Å². The van der Waals surface area contributed by atoms with Crippen molar-refractivity contribution >= 4 is 10.9 Å². The third-order valence-corrected chi connectivity index (χ3v) is 4.81. The second-order valence-corrected chi connectivity index (χ2v) is 6.30. The average molecular weight is 350 g/mol. The van der Waals surface area contributed by atoms with E-state index >= 15 is 0 Å². The maximum absolute atomic E-state index is 6.15. The van der Waals surface area contributed by atoms with E-state index < -0.39 is 0 Å². The van der Waals surface area contributed by atoms with E-state index in [1.807, 2.05) is 30.3 Å². The quantitative estimate of drug-likeness (QED) is 0.763. The van der Waals surface area contributed by atoms with Crippen molar-refractivity contribution in [3.8, 4) is 17.2 Å². The lowest BCUT2D eigenvalue weighted by atomic mass is 9.94. The number of nitrogens with zero attached hydrogens (tertiary/aromatic N) is 1. The second kappa shape index (κ2) is 7.22. The van der Waals surface area contributed by atoms with E-state index in [-0.39, 0.29) is 6.04 Å². The highest BCUT2D eigenvalue weighted by molar-refractivity contribution is 5.84. The summed E-state index contributed by atoms with van der Waals surface area (Å²) in [4.78, 5) is 4.46. The molecule has 2 heterocycles. The summed E-state index contributed by atoms with van der Waals surface area (Å²) in [5, 5.41) is 4.62. The molecule has 1 aromatic heterocycles. The summed E-state index contributed by atoms with van der Waals surface area (Å²) in [6.07, 6.45) is 2.75. The molecule has 2 aromatic carbocycles. The van der Waals surface area contributed by atoms with Gasteiger partial charge in [0.1, 0.15) is 17.9 Å². The number of aromatic nitrogens is 1. The maximum Gasteiger partial charge on any atom is 0.161 e. The SMILES string of the molecule is COc1cc2c(cc1OC)[C@@H](COc1cccc3cccnc13)NCC2. The predicted molar refractivity (Wildman–Crippen MR) is 101 cm³/mol. The number of benzene rings is 2. The smallest absolute Gasteiger partial charge is 0.161 e. The number of hydrogen-bond donors (Lipinski definition) is 1. The molecule has 0 aliphatic carbocycles. The summed E-state index contributed by atoms with van der Waals surface area (Å²) in [5.41, 5.74) is 3.35. The largest absolute Gasteiger partial charge is 0.493 e. The van der Waals surface area contributed by atoms with Gasteiger partial charge in [-0.1, -0.05) is 18.2 Å². The van der Waals surface area contributed by atoms with Crippen LogP contribution in [0.1, 0.15) is 17.2 Å². The number of ether oxygens (including phenoxy) is 3. The molecule has 5 heteroatoms. The fourth-order valence-electron chi connectivity index (χ4n) is 3.48. The van der Waals surface area contributed by atoms with E-state index in [4.69, 9.17) is 14.2 Å². The van der Waals surface area contributed by atoms with Gasteiger partial charge in [-0.25, -0.2) is 0 Å². The number of nitrogens with one attached hydrogen (secondary N) is 1. The van der Waals surface area contributed by atoms with Crippen LogP contribution in [0.4, 0.5) is 0 Å². The summed E-state index contributed by atoms with van der Waals surface area (Å²) in [5.74, 6) is 2.32. The molecule has 0 bridgehead atoms. The van der Waals surface area contributed by atoms with Crippen LogP contribution in [0.2, 0.25) is 0 Å². The highest BCUT2D eigenvalue weighted by Gasteiger charge is 2.23. The molecule has 1 aliphatic heterocycles. The topological polar surface area (TPSA) is 52.6 Å². The van der Waals surface area contributed by atoms with E-state index in [9.17, 15) is 0 Å². The Hall–Kier alpha value is -2.79. The average Bonchev–Trinajstić information content (AvgIpc) is 2.71. The molecular formula is C21H22N2O3. The Morgan fingerprint density at radius 1 is 1.04 bits per heavy atom. The summed E-state index contributed by atoms with van der Waals surface area (Å²) < 4.78 is 17.0. The van der Waals surface area contributed by atoms with Crippen LogP contribution in [0.15, 0.2) is 48.7 Å². The van der Waals surface area contributed by atoms with Crippen molar-refractivity contribution in [1.29, 1.82) is 0 Å². The molecule has 134 valence electrons. The number of fused-ring (bicyclic) bond motifs is 2. The van der Waals surface area contributed by atoms with Crippen molar-refractivity contribution in [1.82, 2.24) is 10.3 Å². The number of methoxy groups -OCH3 is 2. The summed E-state index contributed by atoms with van der Waals surface area (Å²) in [7, 11) is 3.33. The first-order chi connectivity index (χ1) is 12.8. The summed E-state index contributed by atoms with van der Waals surface area (Å²) >= 11 is 0. The molecule has 0 saturated carbocycles. The van der Waals surface area contributed by atoms with Crippen LogP contribution >= 0.6 is 0 Å². The molecule has 5 nitrogen and oxygen atoms in total. The number of hydrogen-bond acceptors (Lipinski definition) is 5. The Kier molecular flexibility index (Phi) is 4.63. The third-order valence-electron chi connectivity index (χ3n) is 4.81. The van der Waals surface area contributed by atoms with E-state index in [0.717, 1.165) is 41.1 Å². The van der Waals surface area contributed by atoms with Gasteiger partial charge in [-0.3, -0.25) is 4.98 Å². The van der Waals surface area contributed by atoms with Crippen molar-refractivity contribution in [2.45, 2.75) is 12.5 Å². The number of pyridine rings is 1. The molecule has 26 heavy (non-hydrogen) atoms. The molecule has 1 aliphatic rings. The van der Waals surface area contributed by atoms with Crippen LogP contribution in [-0.4, -0.2) is 32.4 Å². The molecular weight excluding hydrogens is 328 g/mol. The lowest BCUT2D eigenvalue weighted by molar-refractivity contribution is 0.262. The van der Waals surface area contributed by atoms with Crippen LogP contribution in [-0.2, 0) is 6.42 Å². The molecule has 0 spiro atoms. The van der Waals surface area contributed by atoms with Crippen LogP contribution in [0.5, 0.6) is 17.2 Å². The van der Waals surface area contributed by atoms with E-state index in [2.05, 4.69) is 22.4 Å². The summed E-state index contributed by atoms with van der Waals surface area (Å²) in [6, 6.07) is 14.2.